The molecule has 1 unspecified atom stereocenters. The maximum absolute atomic E-state index is 13.8. The van der Waals surface area contributed by atoms with Crippen molar-refractivity contribution in [1.29, 1.82) is 0 Å². The molecule has 3 aliphatic heterocycles. The van der Waals surface area contributed by atoms with E-state index in [2.05, 4.69) is 49.7 Å². The molecule has 3 aromatic rings. The number of phenolic OH excluding ortho intramolecular Hbond substituents is 1. The number of rotatable bonds is 15. The van der Waals surface area contributed by atoms with Crippen LogP contribution in [0.3, 0.4) is 0 Å². The number of likely N-dealkylation sites (N-methyl/N-ethyl adjacent to an activating group) is 1. The first-order chi connectivity index (χ1) is 25.2. The van der Waals surface area contributed by atoms with Crippen LogP contribution in [0.4, 0.5) is 15.9 Å². The second-order valence-corrected chi connectivity index (χ2v) is 13.8. The van der Waals surface area contributed by atoms with E-state index >= 15 is 0 Å². The monoisotopic (exact) mass is 720 g/mol. The van der Waals surface area contributed by atoms with Crippen molar-refractivity contribution >= 4 is 23.3 Å². The van der Waals surface area contributed by atoms with E-state index in [1.165, 1.54) is 41.6 Å². The average Bonchev–Trinajstić information content (AvgIpc) is 3.13. The Balaban J connectivity index is 0.847. The van der Waals surface area contributed by atoms with Gasteiger partial charge in [-0.05, 0) is 42.5 Å². The van der Waals surface area contributed by atoms with Crippen LogP contribution >= 0.6 is 0 Å². The number of anilines is 2. The number of likely N-dealkylation sites (tertiary alicyclic amines) is 1. The number of piperidine rings is 1. The summed E-state index contributed by atoms with van der Waals surface area (Å²) in [6, 6.07) is 14.2. The molecule has 6 rings (SSSR count). The largest absolute Gasteiger partial charge is 0.508 e. The van der Waals surface area contributed by atoms with Crippen LogP contribution in [0, 0.1) is 5.82 Å². The third kappa shape index (κ3) is 9.95. The number of carbonyl (C=O) groups excluding carboxylic acids is 2. The van der Waals surface area contributed by atoms with Gasteiger partial charge in [-0.2, -0.15) is 0 Å². The predicted octanol–water partition coefficient (Wildman–Crippen LogP) is 2.86. The van der Waals surface area contributed by atoms with Gasteiger partial charge in [0.05, 0.1) is 43.6 Å². The van der Waals surface area contributed by atoms with Crippen molar-refractivity contribution in [2.45, 2.75) is 43.9 Å². The van der Waals surface area contributed by atoms with Gasteiger partial charge >= 0.3 is 0 Å². The molecular weight excluding hydrogens is 671 g/mol. The molecule has 1 atom stereocenters. The molecule has 2 fully saturated rings. The van der Waals surface area contributed by atoms with Gasteiger partial charge in [0, 0.05) is 83.3 Å². The molecule has 2 saturated heterocycles. The smallest absolute Gasteiger partial charge is 0.262 e. The SMILES string of the molecule is CN(CCNCC(O)c1cc(O)cc2c1OCC(=O)N2)C(=O)CCOCCc1cccc(CN2CCC3(CC2)CN(c2cc(F)ccn2)CCO3)c1. The van der Waals surface area contributed by atoms with E-state index in [1.54, 1.807) is 11.9 Å². The van der Waals surface area contributed by atoms with Crippen molar-refractivity contribution in [3.05, 3.63) is 77.2 Å². The summed E-state index contributed by atoms with van der Waals surface area (Å²) in [5.74, 6) is 0.287. The number of fused-ring (bicyclic) bond motifs is 1. The van der Waals surface area contributed by atoms with Crippen LogP contribution in [0.25, 0.3) is 0 Å². The van der Waals surface area contributed by atoms with Crippen molar-refractivity contribution < 1.29 is 38.4 Å². The Hall–Kier alpha value is -4.34. The number of halogens is 1. The van der Waals surface area contributed by atoms with Crippen LogP contribution in [0.2, 0.25) is 0 Å². The van der Waals surface area contributed by atoms with E-state index in [0.717, 1.165) is 45.4 Å². The van der Waals surface area contributed by atoms with E-state index in [1.807, 2.05) is 0 Å². The van der Waals surface area contributed by atoms with Crippen molar-refractivity contribution in [2.75, 3.05) is 89.5 Å². The average molecular weight is 721 g/mol. The lowest BCUT2D eigenvalue weighted by molar-refractivity contribution is -0.131. The Bertz CT molecular complexity index is 1690. The zero-order valence-electron chi connectivity index (χ0n) is 29.7. The fourth-order valence-electron chi connectivity index (χ4n) is 6.99. The summed E-state index contributed by atoms with van der Waals surface area (Å²) in [5.41, 5.74) is 2.91. The Morgan fingerprint density at radius 3 is 2.81 bits per heavy atom. The topological polar surface area (TPSA) is 149 Å². The first-order valence-electron chi connectivity index (χ1n) is 18.0. The summed E-state index contributed by atoms with van der Waals surface area (Å²) in [4.78, 5) is 34.8. The van der Waals surface area contributed by atoms with Gasteiger partial charge in [0.25, 0.3) is 5.91 Å². The third-order valence-corrected chi connectivity index (χ3v) is 9.91. The highest BCUT2D eigenvalue weighted by Crippen LogP contribution is 2.38. The fraction of sp³-hybridized carbons (Fsp3) is 0.500. The summed E-state index contributed by atoms with van der Waals surface area (Å²) in [6.07, 6.45) is 3.39. The quantitative estimate of drug-likeness (QED) is 0.172. The van der Waals surface area contributed by atoms with E-state index in [9.17, 15) is 24.2 Å². The number of phenols is 1. The van der Waals surface area contributed by atoms with E-state index in [-0.39, 0.29) is 48.6 Å². The third-order valence-electron chi connectivity index (χ3n) is 9.91. The van der Waals surface area contributed by atoms with Gasteiger partial charge in [-0.25, -0.2) is 9.37 Å². The maximum Gasteiger partial charge on any atom is 0.262 e. The predicted molar refractivity (Wildman–Crippen MR) is 193 cm³/mol. The number of ether oxygens (including phenoxy) is 3. The number of carbonyl (C=O) groups is 2. The molecule has 4 N–H and O–H groups in total. The van der Waals surface area contributed by atoms with Gasteiger partial charge in [0.15, 0.2) is 6.61 Å². The van der Waals surface area contributed by atoms with E-state index in [0.29, 0.717) is 62.3 Å². The van der Waals surface area contributed by atoms with Gasteiger partial charge in [0.2, 0.25) is 5.91 Å². The van der Waals surface area contributed by atoms with E-state index in [4.69, 9.17) is 14.2 Å². The lowest BCUT2D eigenvalue weighted by Crippen LogP contribution is -2.57. The number of aliphatic hydroxyl groups excluding tert-OH is 1. The minimum absolute atomic E-state index is 0.0317. The van der Waals surface area contributed by atoms with Gasteiger partial charge in [-0.3, -0.25) is 14.5 Å². The molecule has 13 nitrogen and oxygen atoms in total. The molecule has 14 heteroatoms. The van der Waals surface area contributed by atoms with Crippen molar-refractivity contribution in [3.8, 4) is 11.5 Å². The van der Waals surface area contributed by atoms with Crippen LogP contribution in [0.15, 0.2) is 54.7 Å². The molecule has 0 saturated carbocycles. The number of benzene rings is 2. The first-order valence-corrected chi connectivity index (χ1v) is 18.0. The summed E-state index contributed by atoms with van der Waals surface area (Å²) < 4.78 is 31.4. The molecular formula is C38H49FN6O7. The number of aromatic nitrogens is 1. The maximum atomic E-state index is 13.8. The van der Waals surface area contributed by atoms with Crippen molar-refractivity contribution in [3.63, 3.8) is 0 Å². The number of aliphatic hydroxyl groups is 1. The first kappa shape index (κ1) is 37.4. The standard InChI is InChI=1S/C38H49FN6O7/c1-43(14-11-40-23-33(47)31-21-30(46)22-32-37(31)51-25-35(48)42-32)36(49)7-17-50-16-6-27-3-2-4-28(19-27)24-44-12-8-38(9-13-44)26-45(15-18-52-38)34-20-29(39)5-10-41-34/h2-5,10,19-22,33,40,46-47H,6-9,11-18,23-26H2,1H3,(H,42,48). The molecule has 1 spiro atoms. The molecule has 280 valence electrons. The Labute approximate surface area is 303 Å². The number of morpholine rings is 1. The van der Waals surface area contributed by atoms with Crippen molar-refractivity contribution in [1.82, 2.24) is 20.1 Å². The van der Waals surface area contributed by atoms with E-state index < -0.39 is 6.10 Å². The normalized spacial score (nSPS) is 17.7. The van der Waals surface area contributed by atoms with Crippen LogP contribution < -0.4 is 20.3 Å². The second kappa shape index (κ2) is 17.5. The highest BCUT2D eigenvalue weighted by Gasteiger charge is 2.40. The number of hydrogen-bond acceptors (Lipinski definition) is 11. The fourth-order valence-corrected chi connectivity index (χ4v) is 6.99. The number of pyridine rings is 1. The molecule has 0 radical (unpaired) electrons. The Morgan fingerprint density at radius 2 is 1.98 bits per heavy atom. The zero-order chi connectivity index (χ0) is 36.5. The molecule has 2 aromatic carbocycles. The molecule has 0 aliphatic carbocycles. The molecule has 2 amide bonds. The number of aromatic hydroxyl groups is 1. The summed E-state index contributed by atoms with van der Waals surface area (Å²) in [7, 11) is 1.73. The van der Waals surface area contributed by atoms with Gasteiger partial charge < -0.3 is 44.9 Å². The number of nitrogens with zero attached hydrogens (tertiary/aromatic N) is 4. The zero-order valence-corrected chi connectivity index (χ0v) is 29.7. The second-order valence-electron chi connectivity index (χ2n) is 13.8. The highest BCUT2D eigenvalue weighted by atomic mass is 19.1. The van der Waals surface area contributed by atoms with Crippen LogP contribution in [-0.4, -0.2) is 122 Å². The summed E-state index contributed by atoms with van der Waals surface area (Å²) >= 11 is 0. The lowest BCUT2D eigenvalue weighted by atomic mass is 9.89. The van der Waals surface area contributed by atoms with Crippen LogP contribution in [0.1, 0.15) is 42.1 Å². The van der Waals surface area contributed by atoms with Crippen molar-refractivity contribution in [2.24, 2.45) is 0 Å². The molecule has 52 heavy (non-hydrogen) atoms. The summed E-state index contributed by atoms with van der Waals surface area (Å²) in [5, 5.41) is 26.4. The molecule has 4 heterocycles. The summed E-state index contributed by atoms with van der Waals surface area (Å²) in [6.45, 7) is 6.52. The molecule has 3 aliphatic rings. The van der Waals surface area contributed by atoms with Gasteiger partial charge in [-0.1, -0.05) is 24.3 Å². The highest BCUT2D eigenvalue weighted by molar-refractivity contribution is 5.96. The van der Waals surface area contributed by atoms with Crippen LogP contribution in [0.5, 0.6) is 11.5 Å². The van der Waals surface area contributed by atoms with Crippen LogP contribution in [-0.2, 0) is 32.0 Å². The van der Waals surface area contributed by atoms with Gasteiger partial charge in [-0.15, -0.1) is 0 Å². The minimum Gasteiger partial charge on any atom is -0.508 e. The number of hydrogen-bond donors (Lipinski definition) is 4. The molecule has 0 bridgehead atoms. The lowest BCUT2D eigenvalue weighted by Gasteiger charge is -2.47. The number of amides is 2. The Morgan fingerprint density at radius 1 is 1.15 bits per heavy atom. The Kier molecular flexibility index (Phi) is 12.6. The molecule has 1 aromatic heterocycles. The number of nitrogens with one attached hydrogen (secondary N) is 2. The van der Waals surface area contributed by atoms with Gasteiger partial charge in [0.1, 0.15) is 23.1 Å². The minimum atomic E-state index is -0.986.